The van der Waals surface area contributed by atoms with Crippen LogP contribution >= 0.6 is 0 Å². The maximum absolute atomic E-state index is 13.0. The molecule has 0 aromatic heterocycles. The zero-order valence-corrected chi connectivity index (χ0v) is 8.94. The van der Waals surface area contributed by atoms with E-state index in [2.05, 4.69) is 5.32 Å². The Bertz CT molecular complexity index is 587. The molecule has 2 aromatic rings. The van der Waals surface area contributed by atoms with Gasteiger partial charge in [0, 0.05) is 5.69 Å². The summed E-state index contributed by atoms with van der Waals surface area (Å²) in [4.78, 5) is 0. The summed E-state index contributed by atoms with van der Waals surface area (Å²) in [6.45, 7) is 0. The van der Waals surface area contributed by atoms with Crippen molar-refractivity contribution in [3.05, 3.63) is 53.8 Å². The molecule has 0 aliphatic heterocycles. The van der Waals surface area contributed by atoms with Crippen LogP contribution in [0.4, 0.5) is 21.5 Å². The average molecular weight is 227 g/mol. The van der Waals surface area contributed by atoms with Gasteiger partial charge in [-0.15, -0.1) is 0 Å². The van der Waals surface area contributed by atoms with Gasteiger partial charge in [0.05, 0.1) is 23.0 Å². The number of benzene rings is 2. The largest absolute Gasteiger partial charge is 0.397 e. The molecule has 3 nitrogen and oxygen atoms in total. The van der Waals surface area contributed by atoms with Crippen LogP contribution in [-0.2, 0) is 0 Å². The molecule has 2 rings (SSSR count). The van der Waals surface area contributed by atoms with Crippen molar-refractivity contribution in [1.29, 1.82) is 5.26 Å². The van der Waals surface area contributed by atoms with Gasteiger partial charge in [0.25, 0.3) is 0 Å². The predicted octanol–water partition coefficient (Wildman–Crippen LogP) is 3.02. The van der Waals surface area contributed by atoms with Gasteiger partial charge < -0.3 is 11.1 Å². The van der Waals surface area contributed by atoms with E-state index < -0.39 is 0 Å². The summed E-state index contributed by atoms with van der Waals surface area (Å²) >= 11 is 0. The van der Waals surface area contributed by atoms with Crippen molar-refractivity contribution < 1.29 is 4.39 Å². The molecule has 0 radical (unpaired) electrons. The Morgan fingerprint density at radius 2 is 2.00 bits per heavy atom. The fourth-order valence-electron chi connectivity index (χ4n) is 1.46. The highest BCUT2D eigenvalue weighted by molar-refractivity contribution is 5.72. The summed E-state index contributed by atoms with van der Waals surface area (Å²) in [7, 11) is 0. The van der Waals surface area contributed by atoms with E-state index in [-0.39, 0.29) is 5.82 Å². The lowest BCUT2D eigenvalue weighted by Crippen LogP contribution is -1.97. The van der Waals surface area contributed by atoms with Crippen LogP contribution in [0.25, 0.3) is 0 Å². The zero-order chi connectivity index (χ0) is 12.3. The topological polar surface area (TPSA) is 61.8 Å². The summed E-state index contributed by atoms with van der Waals surface area (Å²) in [5, 5.41) is 11.7. The van der Waals surface area contributed by atoms with E-state index in [0.29, 0.717) is 22.6 Å². The van der Waals surface area contributed by atoms with Gasteiger partial charge in [-0.05, 0) is 36.4 Å². The highest BCUT2D eigenvalue weighted by atomic mass is 19.1. The third-order valence-electron chi connectivity index (χ3n) is 2.29. The summed E-state index contributed by atoms with van der Waals surface area (Å²) in [5.74, 6) is -0.363. The minimum absolute atomic E-state index is 0.363. The van der Waals surface area contributed by atoms with E-state index >= 15 is 0 Å². The second-order valence-corrected chi connectivity index (χ2v) is 3.55. The normalized spacial score (nSPS) is 9.65. The van der Waals surface area contributed by atoms with E-state index in [0.717, 1.165) is 0 Å². The van der Waals surface area contributed by atoms with E-state index in [1.54, 1.807) is 24.3 Å². The fourth-order valence-corrected chi connectivity index (χ4v) is 1.46. The van der Waals surface area contributed by atoms with Gasteiger partial charge in [-0.25, -0.2) is 4.39 Å². The molecule has 0 spiro atoms. The molecule has 0 amide bonds. The third-order valence-corrected chi connectivity index (χ3v) is 2.29. The highest BCUT2D eigenvalue weighted by Gasteiger charge is 2.02. The Morgan fingerprint density at radius 1 is 1.18 bits per heavy atom. The molecule has 84 valence electrons. The molecule has 17 heavy (non-hydrogen) atoms. The standard InChI is InChI=1S/C13H10FN3/c14-10-4-5-12(16)13(7-10)17-11-3-1-2-9(6-11)8-15/h1-7,17H,16H2. The molecule has 0 saturated heterocycles. The number of rotatable bonds is 2. The number of nitrogens with two attached hydrogens (primary N) is 1. The van der Waals surface area contributed by atoms with Crippen LogP contribution < -0.4 is 11.1 Å². The molecule has 0 fully saturated rings. The first-order valence-corrected chi connectivity index (χ1v) is 5.01. The number of nitrogens with zero attached hydrogens (tertiary/aromatic N) is 1. The molecule has 0 heterocycles. The Labute approximate surface area is 98.3 Å². The molecule has 4 heteroatoms. The van der Waals surface area contributed by atoms with Gasteiger partial charge in [0.15, 0.2) is 0 Å². The summed E-state index contributed by atoms with van der Waals surface area (Å²) < 4.78 is 13.0. The Hall–Kier alpha value is -2.54. The third kappa shape index (κ3) is 2.52. The van der Waals surface area contributed by atoms with Crippen LogP contribution in [-0.4, -0.2) is 0 Å². The van der Waals surface area contributed by atoms with Gasteiger partial charge in [-0.3, -0.25) is 0 Å². The van der Waals surface area contributed by atoms with Crippen LogP contribution in [0.5, 0.6) is 0 Å². The molecular weight excluding hydrogens is 217 g/mol. The summed E-state index contributed by atoms with van der Waals surface area (Å²) in [5.41, 5.74) is 7.88. The van der Waals surface area contributed by atoms with Crippen molar-refractivity contribution in [2.75, 3.05) is 11.1 Å². The lowest BCUT2D eigenvalue weighted by molar-refractivity contribution is 0.628. The van der Waals surface area contributed by atoms with Crippen molar-refractivity contribution in [1.82, 2.24) is 0 Å². The lowest BCUT2D eigenvalue weighted by atomic mass is 10.2. The quantitative estimate of drug-likeness (QED) is 0.775. The molecule has 0 atom stereocenters. The summed E-state index contributed by atoms with van der Waals surface area (Å²) in [6.07, 6.45) is 0. The predicted molar refractivity (Wildman–Crippen MR) is 65.3 cm³/mol. The second-order valence-electron chi connectivity index (χ2n) is 3.55. The number of nitrogen functional groups attached to an aromatic ring is 1. The van der Waals surface area contributed by atoms with Crippen LogP contribution in [0.3, 0.4) is 0 Å². The number of halogens is 1. The number of nitrogens with one attached hydrogen (secondary N) is 1. The minimum atomic E-state index is -0.363. The first-order chi connectivity index (χ1) is 8.19. The molecule has 0 bridgehead atoms. The van der Waals surface area contributed by atoms with Crippen LogP contribution in [0, 0.1) is 17.1 Å². The van der Waals surface area contributed by atoms with Crippen molar-refractivity contribution in [2.45, 2.75) is 0 Å². The monoisotopic (exact) mass is 227 g/mol. The number of hydrogen-bond acceptors (Lipinski definition) is 3. The van der Waals surface area contributed by atoms with Crippen LogP contribution in [0.1, 0.15) is 5.56 Å². The molecule has 0 saturated carbocycles. The van der Waals surface area contributed by atoms with Gasteiger partial charge in [0.1, 0.15) is 5.82 Å². The zero-order valence-electron chi connectivity index (χ0n) is 8.94. The Kier molecular flexibility index (Phi) is 2.93. The number of nitriles is 1. The SMILES string of the molecule is N#Cc1cccc(Nc2cc(F)ccc2N)c1. The van der Waals surface area contributed by atoms with Crippen molar-refractivity contribution in [3.63, 3.8) is 0 Å². The second kappa shape index (κ2) is 4.54. The summed E-state index contributed by atoms with van der Waals surface area (Å²) in [6, 6.07) is 13.0. The van der Waals surface area contributed by atoms with Gasteiger partial charge in [-0.1, -0.05) is 6.07 Å². The molecule has 2 aromatic carbocycles. The molecule has 0 aliphatic rings. The van der Waals surface area contributed by atoms with Gasteiger partial charge in [0.2, 0.25) is 0 Å². The average Bonchev–Trinajstić information content (AvgIpc) is 2.34. The van der Waals surface area contributed by atoms with E-state index in [1.165, 1.54) is 18.2 Å². The van der Waals surface area contributed by atoms with Crippen LogP contribution in [0.2, 0.25) is 0 Å². The number of anilines is 3. The van der Waals surface area contributed by atoms with Crippen molar-refractivity contribution >= 4 is 17.1 Å². The molecule has 0 aliphatic carbocycles. The van der Waals surface area contributed by atoms with Gasteiger partial charge in [-0.2, -0.15) is 5.26 Å². The van der Waals surface area contributed by atoms with E-state index in [9.17, 15) is 4.39 Å². The minimum Gasteiger partial charge on any atom is -0.397 e. The van der Waals surface area contributed by atoms with Crippen molar-refractivity contribution in [2.24, 2.45) is 0 Å². The molecule has 3 N–H and O–H groups in total. The first kappa shape index (κ1) is 11.0. The van der Waals surface area contributed by atoms with E-state index in [4.69, 9.17) is 11.0 Å². The lowest BCUT2D eigenvalue weighted by Gasteiger charge is -2.09. The maximum Gasteiger partial charge on any atom is 0.125 e. The first-order valence-electron chi connectivity index (χ1n) is 5.01. The molecule has 0 unspecified atom stereocenters. The van der Waals surface area contributed by atoms with E-state index in [1.807, 2.05) is 6.07 Å². The highest BCUT2D eigenvalue weighted by Crippen LogP contribution is 2.24. The number of hydrogen-bond donors (Lipinski definition) is 2. The van der Waals surface area contributed by atoms with Gasteiger partial charge >= 0.3 is 0 Å². The Balaban J connectivity index is 2.31. The Morgan fingerprint density at radius 3 is 2.76 bits per heavy atom. The smallest absolute Gasteiger partial charge is 0.125 e. The fraction of sp³-hybridized carbons (Fsp3) is 0. The molecular formula is C13H10FN3. The maximum atomic E-state index is 13.0. The van der Waals surface area contributed by atoms with Crippen molar-refractivity contribution in [3.8, 4) is 6.07 Å². The van der Waals surface area contributed by atoms with Crippen LogP contribution in [0.15, 0.2) is 42.5 Å².